The number of hydrogen-bond acceptors (Lipinski definition) is 5. The van der Waals surface area contributed by atoms with E-state index in [4.69, 9.17) is 5.11 Å². The molecule has 0 spiro atoms. The van der Waals surface area contributed by atoms with Crippen molar-refractivity contribution in [3.05, 3.63) is 48.3 Å². The smallest absolute Gasteiger partial charge is 0.325 e. The Morgan fingerprint density at radius 3 is 2.93 bits per heavy atom. The van der Waals surface area contributed by atoms with Gasteiger partial charge in [-0.05, 0) is 18.2 Å². The number of anilines is 2. The zero-order valence-corrected chi connectivity index (χ0v) is 15.9. The summed E-state index contributed by atoms with van der Waals surface area (Å²) in [5.41, 5.74) is 2.58. The van der Waals surface area contributed by atoms with Gasteiger partial charge in [-0.3, -0.25) is 19.5 Å². The number of benzene rings is 1. The summed E-state index contributed by atoms with van der Waals surface area (Å²) in [5, 5.41) is 23.1. The largest absolute Gasteiger partial charge is 0.395 e. The lowest BCUT2D eigenvalue weighted by molar-refractivity contribution is 0.102. The standard InChI is InChI=1S/C19H21N7O3/c1-24-12-16(17(23-24)26-8-7-25(9-10-27)19(26)29)21-18(28)14-4-2-3-13(11-14)15-5-6-20-22-15/h2-6,11-12,27H,7-10H2,1H3,(H,20,22)(H,21,28). The van der Waals surface area contributed by atoms with Crippen molar-refractivity contribution < 1.29 is 14.7 Å². The molecule has 1 aliphatic heterocycles. The molecular weight excluding hydrogens is 374 g/mol. The van der Waals surface area contributed by atoms with E-state index in [0.29, 0.717) is 30.2 Å². The van der Waals surface area contributed by atoms with Crippen molar-refractivity contribution in [3.8, 4) is 11.3 Å². The second kappa shape index (κ2) is 7.76. The molecule has 3 amide bonds. The minimum Gasteiger partial charge on any atom is -0.395 e. The van der Waals surface area contributed by atoms with Crippen LogP contribution in [0.3, 0.4) is 0 Å². The number of aliphatic hydroxyl groups is 1. The number of urea groups is 1. The maximum absolute atomic E-state index is 12.8. The Morgan fingerprint density at radius 1 is 1.31 bits per heavy atom. The van der Waals surface area contributed by atoms with Crippen LogP contribution in [-0.4, -0.2) is 68.2 Å². The molecule has 3 heterocycles. The monoisotopic (exact) mass is 395 g/mol. The first-order valence-electron chi connectivity index (χ1n) is 9.19. The molecule has 0 atom stereocenters. The second-order valence-electron chi connectivity index (χ2n) is 6.69. The Kier molecular flexibility index (Phi) is 5.00. The van der Waals surface area contributed by atoms with Gasteiger partial charge < -0.3 is 15.3 Å². The van der Waals surface area contributed by atoms with Crippen molar-refractivity contribution in [2.45, 2.75) is 0 Å². The Labute approximate surface area is 166 Å². The first-order valence-corrected chi connectivity index (χ1v) is 9.19. The van der Waals surface area contributed by atoms with E-state index in [-0.39, 0.29) is 25.1 Å². The number of carbonyl (C=O) groups is 2. The molecule has 1 aliphatic rings. The third-order valence-electron chi connectivity index (χ3n) is 4.71. The number of β-amino-alcohol motifs (C(OH)–C–C–N with tert-alkyl or cyclic N) is 1. The highest BCUT2D eigenvalue weighted by atomic mass is 16.3. The van der Waals surface area contributed by atoms with Gasteiger partial charge in [-0.15, -0.1) is 0 Å². The molecule has 3 N–H and O–H groups in total. The van der Waals surface area contributed by atoms with Gasteiger partial charge in [-0.1, -0.05) is 12.1 Å². The highest BCUT2D eigenvalue weighted by Crippen LogP contribution is 2.28. The number of H-pyrrole nitrogens is 1. The van der Waals surface area contributed by atoms with Crippen molar-refractivity contribution in [2.24, 2.45) is 7.05 Å². The molecule has 0 unspecified atom stereocenters. The van der Waals surface area contributed by atoms with E-state index < -0.39 is 0 Å². The molecule has 150 valence electrons. The van der Waals surface area contributed by atoms with Crippen LogP contribution < -0.4 is 10.2 Å². The highest BCUT2D eigenvalue weighted by Gasteiger charge is 2.32. The van der Waals surface area contributed by atoms with Gasteiger partial charge in [-0.25, -0.2) is 4.79 Å². The molecule has 0 bridgehead atoms. The molecular formula is C19H21N7O3. The van der Waals surface area contributed by atoms with Crippen LogP contribution in [0.5, 0.6) is 0 Å². The van der Waals surface area contributed by atoms with Crippen LogP contribution in [0.1, 0.15) is 10.4 Å². The van der Waals surface area contributed by atoms with E-state index in [0.717, 1.165) is 11.3 Å². The van der Waals surface area contributed by atoms with E-state index in [2.05, 4.69) is 20.6 Å². The molecule has 10 heteroatoms. The number of carbonyl (C=O) groups excluding carboxylic acids is 2. The summed E-state index contributed by atoms with van der Waals surface area (Å²) < 4.78 is 1.55. The van der Waals surface area contributed by atoms with Crippen molar-refractivity contribution in [1.82, 2.24) is 24.9 Å². The van der Waals surface area contributed by atoms with Crippen molar-refractivity contribution in [1.29, 1.82) is 0 Å². The molecule has 4 rings (SSSR count). The topological polar surface area (TPSA) is 119 Å². The molecule has 10 nitrogen and oxygen atoms in total. The predicted molar refractivity (Wildman–Crippen MR) is 107 cm³/mol. The highest BCUT2D eigenvalue weighted by molar-refractivity contribution is 6.07. The molecule has 0 saturated carbocycles. The second-order valence-corrected chi connectivity index (χ2v) is 6.69. The van der Waals surface area contributed by atoms with Crippen LogP contribution in [-0.2, 0) is 7.05 Å². The summed E-state index contributed by atoms with van der Waals surface area (Å²) in [4.78, 5) is 28.5. The Balaban J connectivity index is 1.56. The Hall–Kier alpha value is -3.66. The zero-order valence-electron chi connectivity index (χ0n) is 15.9. The summed E-state index contributed by atoms with van der Waals surface area (Å²) in [6, 6.07) is 8.75. The number of aryl methyl sites for hydroxylation is 1. The van der Waals surface area contributed by atoms with E-state index in [1.165, 1.54) is 4.90 Å². The van der Waals surface area contributed by atoms with E-state index in [1.807, 2.05) is 12.1 Å². The lowest BCUT2D eigenvalue weighted by Gasteiger charge is -2.17. The van der Waals surface area contributed by atoms with Gasteiger partial charge in [0.05, 0.1) is 18.5 Å². The van der Waals surface area contributed by atoms with Crippen LogP contribution in [0, 0.1) is 0 Å². The fourth-order valence-electron chi connectivity index (χ4n) is 3.31. The summed E-state index contributed by atoms with van der Waals surface area (Å²) in [5.74, 6) is 0.0792. The Morgan fingerprint density at radius 2 is 2.17 bits per heavy atom. The third-order valence-corrected chi connectivity index (χ3v) is 4.71. The van der Waals surface area contributed by atoms with E-state index in [9.17, 15) is 9.59 Å². The quantitative estimate of drug-likeness (QED) is 0.581. The van der Waals surface area contributed by atoms with Gasteiger partial charge >= 0.3 is 6.03 Å². The van der Waals surface area contributed by atoms with Crippen molar-refractivity contribution >= 4 is 23.4 Å². The van der Waals surface area contributed by atoms with E-state index in [1.54, 1.807) is 47.2 Å². The molecule has 0 radical (unpaired) electrons. The lowest BCUT2D eigenvalue weighted by atomic mass is 10.1. The Bertz CT molecular complexity index is 1030. The van der Waals surface area contributed by atoms with Gasteiger partial charge in [-0.2, -0.15) is 10.2 Å². The molecule has 1 aromatic carbocycles. The van der Waals surface area contributed by atoms with Crippen molar-refractivity contribution in [2.75, 3.05) is 36.5 Å². The van der Waals surface area contributed by atoms with Gasteiger partial charge in [0, 0.05) is 44.0 Å². The maximum Gasteiger partial charge on any atom is 0.325 e. The minimum absolute atomic E-state index is 0.0991. The fourth-order valence-corrected chi connectivity index (χ4v) is 3.31. The van der Waals surface area contributed by atoms with Crippen LogP contribution in [0.15, 0.2) is 42.7 Å². The lowest BCUT2D eigenvalue weighted by Crippen LogP contribution is -2.34. The average Bonchev–Trinajstić information content (AvgIpc) is 3.44. The van der Waals surface area contributed by atoms with Crippen LogP contribution >= 0.6 is 0 Å². The number of aromatic nitrogens is 4. The number of rotatable bonds is 6. The summed E-state index contributed by atoms with van der Waals surface area (Å²) in [6.45, 7) is 1.10. The third kappa shape index (κ3) is 3.69. The molecule has 3 aromatic rings. The first-order chi connectivity index (χ1) is 14.1. The minimum atomic E-state index is -0.306. The van der Waals surface area contributed by atoms with Crippen LogP contribution in [0.25, 0.3) is 11.3 Å². The summed E-state index contributed by atoms with van der Waals surface area (Å²) in [7, 11) is 1.73. The summed E-state index contributed by atoms with van der Waals surface area (Å²) >= 11 is 0. The number of hydrogen-bond donors (Lipinski definition) is 3. The molecule has 1 saturated heterocycles. The number of amides is 3. The normalized spacial score (nSPS) is 13.9. The number of nitrogens with one attached hydrogen (secondary N) is 2. The molecule has 29 heavy (non-hydrogen) atoms. The van der Waals surface area contributed by atoms with Gasteiger partial charge in [0.1, 0.15) is 5.69 Å². The first kappa shape index (κ1) is 18.7. The molecule has 1 fully saturated rings. The number of aromatic amines is 1. The average molecular weight is 395 g/mol. The fraction of sp³-hybridized carbons (Fsp3) is 0.263. The van der Waals surface area contributed by atoms with Crippen LogP contribution in [0.4, 0.5) is 16.3 Å². The molecule has 0 aliphatic carbocycles. The van der Waals surface area contributed by atoms with Gasteiger partial charge in [0.15, 0.2) is 5.82 Å². The van der Waals surface area contributed by atoms with Gasteiger partial charge in [0.25, 0.3) is 5.91 Å². The predicted octanol–water partition coefficient (Wildman–Crippen LogP) is 1.30. The number of aliphatic hydroxyl groups excluding tert-OH is 1. The number of nitrogens with zero attached hydrogens (tertiary/aromatic N) is 5. The SMILES string of the molecule is Cn1cc(NC(=O)c2cccc(-c3ccn[nH]3)c2)c(N2CCN(CCO)C2=O)n1. The van der Waals surface area contributed by atoms with Gasteiger partial charge in [0.2, 0.25) is 0 Å². The summed E-state index contributed by atoms with van der Waals surface area (Å²) in [6.07, 6.45) is 3.31. The zero-order chi connectivity index (χ0) is 20.4. The maximum atomic E-state index is 12.8. The van der Waals surface area contributed by atoms with E-state index >= 15 is 0 Å². The van der Waals surface area contributed by atoms with Crippen molar-refractivity contribution in [3.63, 3.8) is 0 Å². The molecule has 2 aromatic heterocycles. The van der Waals surface area contributed by atoms with Crippen LogP contribution in [0.2, 0.25) is 0 Å².